The number of rotatable bonds is 7. The van der Waals surface area contributed by atoms with E-state index in [4.69, 9.17) is 10.2 Å². The summed E-state index contributed by atoms with van der Waals surface area (Å²) < 4.78 is 25.6. The van der Waals surface area contributed by atoms with Gasteiger partial charge in [-0.05, 0) is 42.5 Å². The van der Waals surface area contributed by atoms with Gasteiger partial charge in [0.1, 0.15) is 17.7 Å². The van der Waals surface area contributed by atoms with Crippen LogP contribution in [0.15, 0.2) is 57.6 Å². The Bertz CT molecular complexity index is 1060. The number of hydrogen-bond donors (Lipinski definition) is 4. The van der Waals surface area contributed by atoms with Gasteiger partial charge < -0.3 is 15.3 Å². The van der Waals surface area contributed by atoms with Gasteiger partial charge in [0, 0.05) is 0 Å². The molecule has 0 bridgehead atoms. The third-order valence-corrected chi connectivity index (χ3v) is 4.59. The van der Waals surface area contributed by atoms with Crippen LogP contribution in [0.25, 0.3) is 0 Å². The number of aromatic hydroxyl groups is 1. The molecule has 0 radical (unpaired) electrons. The maximum atomic E-state index is 12.0. The van der Waals surface area contributed by atoms with Gasteiger partial charge in [-0.1, -0.05) is 0 Å². The molecule has 11 nitrogen and oxygen atoms in total. The Hall–Kier alpha value is -3.80. The molecule has 0 aromatic heterocycles. The van der Waals surface area contributed by atoms with Gasteiger partial charge in [0.2, 0.25) is 5.91 Å². The molecular weight excluding hydrogens is 394 g/mol. The maximum absolute atomic E-state index is 12.0. The number of amides is 1. The van der Waals surface area contributed by atoms with E-state index >= 15 is 0 Å². The van der Waals surface area contributed by atoms with Gasteiger partial charge in [-0.15, -0.1) is 0 Å². The van der Waals surface area contributed by atoms with Crippen molar-refractivity contribution in [3.05, 3.63) is 48.0 Å². The van der Waals surface area contributed by atoms with Crippen LogP contribution in [0.2, 0.25) is 0 Å². The van der Waals surface area contributed by atoms with Crippen molar-refractivity contribution in [1.29, 1.82) is 0 Å². The summed E-state index contributed by atoms with van der Waals surface area (Å²) in [6, 6.07) is 8.40. The Labute approximate surface area is 158 Å². The lowest BCUT2D eigenvalue weighted by Crippen LogP contribution is -2.31. The number of aliphatic carboxylic acids is 1. The standard InChI is InChI=1S/C16H13N3O8S/c20-13-6-3-10(7-12(13)16(24)25)18-17-9-1-4-11(5-2-9)28(26,27)19-14(21)8-15(22)23/h1-7,20H,8H2,(H,19,21)(H,22,23)(H,24,25). The van der Waals surface area contributed by atoms with Crippen molar-refractivity contribution in [2.45, 2.75) is 11.3 Å². The minimum atomic E-state index is -4.24. The monoisotopic (exact) mass is 407 g/mol. The largest absolute Gasteiger partial charge is 0.507 e. The van der Waals surface area contributed by atoms with Crippen LogP contribution < -0.4 is 4.72 Å². The van der Waals surface area contributed by atoms with Gasteiger partial charge in [0.15, 0.2) is 0 Å². The van der Waals surface area contributed by atoms with Crippen LogP contribution in [0.5, 0.6) is 5.75 Å². The number of hydrogen-bond acceptors (Lipinski definition) is 8. The van der Waals surface area contributed by atoms with Gasteiger partial charge in [-0.2, -0.15) is 10.2 Å². The number of carbonyl (C=O) groups is 3. The lowest BCUT2D eigenvalue weighted by atomic mass is 10.2. The highest BCUT2D eigenvalue weighted by Gasteiger charge is 2.19. The Balaban J connectivity index is 2.15. The molecular formula is C16H13N3O8S. The van der Waals surface area contributed by atoms with E-state index in [0.717, 1.165) is 24.3 Å². The van der Waals surface area contributed by atoms with Crippen LogP contribution in [0.1, 0.15) is 16.8 Å². The number of sulfonamides is 1. The van der Waals surface area contributed by atoms with Crippen molar-refractivity contribution in [2.24, 2.45) is 10.2 Å². The molecule has 1 amide bonds. The number of carbonyl (C=O) groups excluding carboxylic acids is 1. The average Bonchev–Trinajstić information content (AvgIpc) is 2.60. The van der Waals surface area contributed by atoms with Crippen LogP contribution in [-0.2, 0) is 19.6 Å². The molecule has 0 atom stereocenters. The molecule has 0 aliphatic carbocycles. The Morgan fingerprint density at radius 1 is 0.929 bits per heavy atom. The molecule has 0 fully saturated rings. The summed E-state index contributed by atoms with van der Waals surface area (Å²) >= 11 is 0. The van der Waals surface area contributed by atoms with Gasteiger partial charge in [0.05, 0.1) is 16.3 Å². The summed E-state index contributed by atoms with van der Waals surface area (Å²) in [7, 11) is -4.24. The first-order valence-electron chi connectivity index (χ1n) is 7.44. The van der Waals surface area contributed by atoms with E-state index in [2.05, 4.69) is 10.2 Å². The molecule has 2 aromatic rings. The second kappa shape index (κ2) is 8.26. The second-order valence-electron chi connectivity index (χ2n) is 5.30. The molecule has 2 aromatic carbocycles. The molecule has 0 unspecified atom stereocenters. The van der Waals surface area contributed by atoms with Crippen molar-refractivity contribution in [2.75, 3.05) is 0 Å². The first-order chi connectivity index (χ1) is 13.1. The maximum Gasteiger partial charge on any atom is 0.339 e. The molecule has 0 saturated carbocycles. The third kappa shape index (κ3) is 5.35. The van der Waals surface area contributed by atoms with E-state index in [1.165, 1.54) is 18.2 Å². The third-order valence-electron chi connectivity index (χ3n) is 3.20. The van der Waals surface area contributed by atoms with E-state index in [1.807, 2.05) is 0 Å². The molecule has 146 valence electrons. The van der Waals surface area contributed by atoms with Crippen LogP contribution in [0, 0.1) is 0 Å². The molecule has 28 heavy (non-hydrogen) atoms. The van der Waals surface area contributed by atoms with Crippen molar-refractivity contribution in [3.63, 3.8) is 0 Å². The molecule has 0 heterocycles. The van der Waals surface area contributed by atoms with Crippen molar-refractivity contribution in [3.8, 4) is 5.75 Å². The minimum Gasteiger partial charge on any atom is -0.507 e. The van der Waals surface area contributed by atoms with Crippen molar-refractivity contribution >= 4 is 39.2 Å². The number of nitrogens with zero attached hydrogens (tertiary/aromatic N) is 2. The van der Waals surface area contributed by atoms with Crippen molar-refractivity contribution < 1.29 is 38.1 Å². The van der Waals surface area contributed by atoms with E-state index in [9.17, 15) is 27.9 Å². The van der Waals surface area contributed by atoms with Crippen LogP contribution in [0.4, 0.5) is 11.4 Å². The quantitative estimate of drug-likeness (QED) is 0.395. The predicted molar refractivity (Wildman–Crippen MR) is 93.3 cm³/mol. The van der Waals surface area contributed by atoms with Crippen LogP contribution >= 0.6 is 0 Å². The number of phenols is 1. The number of carboxylic acids is 2. The fourth-order valence-electron chi connectivity index (χ4n) is 1.95. The molecule has 0 saturated heterocycles. The summed E-state index contributed by atoms with van der Waals surface area (Å²) in [6.45, 7) is 0. The highest BCUT2D eigenvalue weighted by Crippen LogP contribution is 2.25. The molecule has 0 aliphatic heterocycles. The highest BCUT2D eigenvalue weighted by atomic mass is 32.2. The number of carboxylic acid groups (broad SMARTS) is 2. The topological polar surface area (TPSA) is 183 Å². The zero-order chi connectivity index (χ0) is 20.9. The lowest BCUT2D eigenvalue weighted by molar-refractivity contribution is -0.140. The van der Waals surface area contributed by atoms with Crippen molar-refractivity contribution in [1.82, 2.24) is 4.72 Å². The van der Waals surface area contributed by atoms with Gasteiger partial charge in [-0.3, -0.25) is 9.59 Å². The number of aromatic carboxylic acids is 1. The predicted octanol–water partition coefficient (Wildman–Crippen LogP) is 1.79. The number of nitrogens with one attached hydrogen (secondary N) is 1. The second-order valence-corrected chi connectivity index (χ2v) is 6.98. The summed E-state index contributed by atoms with van der Waals surface area (Å²) in [5.41, 5.74) is 0.0172. The Kier molecular flexibility index (Phi) is 6.05. The summed E-state index contributed by atoms with van der Waals surface area (Å²) in [6.07, 6.45) is -0.990. The SMILES string of the molecule is O=C(O)CC(=O)NS(=O)(=O)c1ccc(N=Nc2ccc(O)c(C(=O)O)c2)cc1. The molecule has 0 aliphatic rings. The normalized spacial score (nSPS) is 11.3. The zero-order valence-electron chi connectivity index (χ0n) is 13.9. The number of benzene rings is 2. The first-order valence-corrected chi connectivity index (χ1v) is 8.92. The highest BCUT2D eigenvalue weighted by molar-refractivity contribution is 7.90. The Morgan fingerprint density at radius 3 is 2.07 bits per heavy atom. The van der Waals surface area contributed by atoms with Crippen LogP contribution in [-0.4, -0.2) is 41.6 Å². The smallest absolute Gasteiger partial charge is 0.339 e. The molecule has 4 N–H and O–H groups in total. The van der Waals surface area contributed by atoms with E-state index in [1.54, 1.807) is 4.72 Å². The van der Waals surface area contributed by atoms with Crippen LogP contribution in [0.3, 0.4) is 0 Å². The average molecular weight is 407 g/mol. The zero-order valence-corrected chi connectivity index (χ0v) is 14.8. The molecule has 2 rings (SSSR count). The summed E-state index contributed by atoms with van der Waals surface area (Å²) in [4.78, 5) is 32.4. The van der Waals surface area contributed by atoms with E-state index in [-0.39, 0.29) is 21.8 Å². The summed E-state index contributed by atoms with van der Waals surface area (Å²) in [5.74, 6) is -4.42. The Morgan fingerprint density at radius 2 is 1.50 bits per heavy atom. The fraction of sp³-hybridized carbons (Fsp3) is 0.0625. The molecule has 0 spiro atoms. The summed E-state index contributed by atoms with van der Waals surface area (Å²) in [5, 5.41) is 34.5. The fourth-order valence-corrected chi connectivity index (χ4v) is 2.93. The van der Waals surface area contributed by atoms with E-state index < -0.39 is 40.0 Å². The van der Waals surface area contributed by atoms with Gasteiger partial charge in [0.25, 0.3) is 10.0 Å². The van der Waals surface area contributed by atoms with Gasteiger partial charge >= 0.3 is 11.9 Å². The van der Waals surface area contributed by atoms with Gasteiger partial charge in [-0.25, -0.2) is 17.9 Å². The molecule has 12 heteroatoms. The number of azo groups is 1. The minimum absolute atomic E-state index is 0.146. The lowest BCUT2D eigenvalue weighted by Gasteiger charge is -2.05. The van der Waals surface area contributed by atoms with E-state index in [0.29, 0.717) is 0 Å². The first kappa shape index (κ1) is 20.5.